The van der Waals surface area contributed by atoms with Gasteiger partial charge in [0.1, 0.15) is 11.9 Å². The summed E-state index contributed by atoms with van der Waals surface area (Å²) in [4.78, 5) is 15.6. The van der Waals surface area contributed by atoms with Gasteiger partial charge >= 0.3 is 12.1 Å². The molecule has 0 saturated heterocycles. The van der Waals surface area contributed by atoms with Gasteiger partial charge in [0, 0.05) is 11.6 Å². The summed E-state index contributed by atoms with van der Waals surface area (Å²) in [5.74, 6) is -0.385. The van der Waals surface area contributed by atoms with Crippen molar-refractivity contribution >= 4 is 12.0 Å². The molecule has 1 heterocycles. The first-order valence-electron chi connectivity index (χ1n) is 11.7. The minimum atomic E-state index is -4.39. The molecule has 4 nitrogen and oxygen atoms in total. The number of carboxylic acid groups (broad SMARTS) is 1. The predicted molar refractivity (Wildman–Crippen MR) is 135 cm³/mol. The third-order valence-corrected chi connectivity index (χ3v) is 5.56. The van der Waals surface area contributed by atoms with Gasteiger partial charge in [0.25, 0.3) is 0 Å². The van der Waals surface area contributed by atoms with Crippen molar-refractivity contribution in [3.63, 3.8) is 0 Å². The Labute approximate surface area is 208 Å². The number of allylic oxidation sites excluding steroid dienone is 1. The van der Waals surface area contributed by atoms with Crippen molar-refractivity contribution in [1.29, 1.82) is 0 Å². The number of ether oxygens (including phenoxy) is 1. The molecule has 1 N–H and O–H groups in total. The summed E-state index contributed by atoms with van der Waals surface area (Å²) in [6.45, 7) is 5.88. The second-order valence-corrected chi connectivity index (χ2v) is 8.30. The smallest absolute Gasteiger partial charge is 0.416 e. The molecule has 36 heavy (non-hydrogen) atoms. The van der Waals surface area contributed by atoms with E-state index in [1.165, 1.54) is 18.2 Å². The molecular weight excluding hydrogens is 467 g/mol. The van der Waals surface area contributed by atoms with E-state index in [-0.39, 0.29) is 6.10 Å². The zero-order valence-corrected chi connectivity index (χ0v) is 20.0. The van der Waals surface area contributed by atoms with E-state index in [2.05, 4.69) is 13.5 Å². The topological polar surface area (TPSA) is 59.4 Å². The zero-order chi connectivity index (χ0) is 26.1. The summed E-state index contributed by atoms with van der Waals surface area (Å²) in [6, 6.07) is 15.8. The van der Waals surface area contributed by atoms with Crippen LogP contribution in [0.4, 0.5) is 13.2 Å². The maximum Gasteiger partial charge on any atom is 0.416 e. The van der Waals surface area contributed by atoms with Crippen LogP contribution in [0.5, 0.6) is 5.75 Å². The van der Waals surface area contributed by atoms with Crippen molar-refractivity contribution in [2.24, 2.45) is 0 Å². The van der Waals surface area contributed by atoms with Crippen molar-refractivity contribution in [3.05, 3.63) is 102 Å². The second kappa shape index (κ2) is 12.2. The Morgan fingerprint density at radius 1 is 1.14 bits per heavy atom. The highest BCUT2D eigenvalue weighted by atomic mass is 19.4. The van der Waals surface area contributed by atoms with Gasteiger partial charge in [0.05, 0.1) is 17.0 Å². The highest BCUT2D eigenvalue weighted by molar-refractivity contribution is 5.85. The van der Waals surface area contributed by atoms with Gasteiger partial charge in [0.15, 0.2) is 0 Å². The van der Waals surface area contributed by atoms with Gasteiger partial charge in [-0.25, -0.2) is 9.78 Å². The molecule has 0 saturated carbocycles. The van der Waals surface area contributed by atoms with E-state index in [4.69, 9.17) is 14.8 Å². The fourth-order valence-electron chi connectivity index (χ4n) is 3.73. The Bertz CT molecular complexity index is 1220. The van der Waals surface area contributed by atoms with Crippen LogP contribution in [0.3, 0.4) is 0 Å². The Kier molecular flexibility index (Phi) is 9.06. The molecule has 7 heteroatoms. The summed E-state index contributed by atoms with van der Waals surface area (Å²) in [7, 11) is 0. The van der Waals surface area contributed by atoms with Crippen molar-refractivity contribution in [2.45, 2.75) is 44.9 Å². The van der Waals surface area contributed by atoms with Crippen LogP contribution in [0.25, 0.3) is 17.3 Å². The predicted octanol–water partition coefficient (Wildman–Crippen LogP) is 7.90. The number of carbonyl (C=O) groups is 1. The number of pyridine rings is 1. The van der Waals surface area contributed by atoms with E-state index in [0.29, 0.717) is 35.5 Å². The van der Waals surface area contributed by atoms with Crippen LogP contribution < -0.4 is 4.74 Å². The number of nitrogens with zero attached hydrogens (tertiary/aromatic N) is 1. The molecule has 0 aliphatic heterocycles. The van der Waals surface area contributed by atoms with Crippen molar-refractivity contribution < 1.29 is 27.8 Å². The Hall–Kier alpha value is -3.87. The first kappa shape index (κ1) is 26.7. The molecule has 1 unspecified atom stereocenters. The van der Waals surface area contributed by atoms with Crippen LogP contribution in [0.15, 0.2) is 79.4 Å². The molecule has 0 aliphatic rings. The molecule has 0 bridgehead atoms. The van der Waals surface area contributed by atoms with Crippen LogP contribution in [-0.4, -0.2) is 16.1 Å². The number of carboxylic acids is 1. The van der Waals surface area contributed by atoms with Crippen LogP contribution in [-0.2, 0) is 17.4 Å². The monoisotopic (exact) mass is 495 g/mol. The summed E-state index contributed by atoms with van der Waals surface area (Å²) in [5, 5.41) is 8.90. The van der Waals surface area contributed by atoms with E-state index in [1.807, 2.05) is 18.2 Å². The number of alkyl halides is 3. The average molecular weight is 496 g/mol. The maximum absolute atomic E-state index is 12.9. The van der Waals surface area contributed by atoms with E-state index < -0.39 is 17.7 Å². The number of rotatable bonds is 11. The number of halogens is 3. The number of hydrogen-bond acceptors (Lipinski definition) is 3. The van der Waals surface area contributed by atoms with Gasteiger partial charge < -0.3 is 9.84 Å². The largest absolute Gasteiger partial charge is 0.484 e. The lowest BCUT2D eigenvalue weighted by Gasteiger charge is -2.21. The number of benzene rings is 2. The number of hydrogen-bond donors (Lipinski definition) is 1. The lowest BCUT2D eigenvalue weighted by Crippen LogP contribution is -2.11. The van der Waals surface area contributed by atoms with Gasteiger partial charge in [-0.1, -0.05) is 43.7 Å². The molecule has 0 amide bonds. The molecule has 3 rings (SSSR count). The molecule has 0 aliphatic carbocycles. The molecule has 3 aromatic rings. The maximum atomic E-state index is 12.9. The molecule has 1 atom stereocenters. The van der Waals surface area contributed by atoms with Gasteiger partial charge in [-0.15, -0.1) is 6.58 Å². The van der Waals surface area contributed by atoms with Crippen molar-refractivity contribution in [3.8, 4) is 17.0 Å². The van der Waals surface area contributed by atoms with Crippen molar-refractivity contribution in [1.82, 2.24) is 4.98 Å². The van der Waals surface area contributed by atoms with E-state index >= 15 is 0 Å². The summed E-state index contributed by atoms with van der Waals surface area (Å²) >= 11 is 0. The fraction of sp³-hybridized carbons (Fsp3) is 0.241. The van der Waals surface area contributed by atoms with Gasteiger partial charge in [0.2, 0.25) is 0 Å². The average Bonchev–Trinajstić information content (AvgIpc) is 2.86. The molecule has 0 spiro atoms. The zero-order valence-electron chi connectivity index (χ0n) is 20.0. The SMILES string of the molecule is C=CCc1cc(C=CC(=O)O)ccc1OC(CCCC)c1cccc(-c2ccc(C(F)(F)F)cc2)n1. The van der Waals surface area contributed by atoms with Crippen LogP contribution in [0.1, 0.15) is 54.7 Å². The quantitative estimate of drug-likeness (QED) is 0.217. The molecule has 0 radical (unpaired) electrons. The molecule has 188 valence electrons. The van der Waals surface area contributed by atoms with Gasteiger partial charge in [-0.2, -0.15) is 13.2 Å². The van der Waals surface area contributed by atoms with E-state index in [1.54, 1.807) is 24.3 Å². The minimum Gasteiger partial charge on any atom is -0.484 e. The van der Waals surface area contributed by atoms with Gasteiger partial charge in [-0.3, -0.25) is 0 Å². The van der Waals surface area contributed by atoms with E-state index in [0.717, 1.165) is 42.2 Å². The lowest BCUT2D eigenvalue weighted by atomic mass is 10.0. The molecular formula is C29H28F3NO3. The first-order chi connectivity index (χ1) is 17.2. The highest BCUT2D eigenvalue weighted by Gasteiger charge is 2.30. The van der Waals surface area contributed by atoms with Crippen LogP contribution in [0, 0.1) is 0 Å². The normalized spacial score (nSPS) is 12.4. The molecule has 0 fully saturated rings. The number of aromatic nitrogens is 1. The second-order valence-electron chi connectivity index (χ2n) is 8.30. The van der Waals surface area contributed by atoms with Crippen molar-refractivity contribution in [2.75, 3.05) is 0 Å². The Balaban J connectivity index is 1.92. The van der Waals surface area contributed by atoms with Crippen LogP contribution in [0.2, 0.25) is 0 Å². The summed E-state index contributed by atoms with van der Waals surface area (Å²) < 4.78 is 45.2. The Morgan fingerprint density at radius 2 is 1.89 bits per heavy atom. The van der Waals surface area contributed by atoms with E-state index in [9.17, 15) is 18.0 Å². The fourth-order valence-corrected chi connectivity index (χ4v) is 3.73. The standard InChI is InChI=1S/C29H28F3NO3/c1-3-5-10-27(36-26-17-11-20(12-18-28(34)35)19-22(26)7-4-2)25-9-6-8-24(33-25)21-13-15-23(16-14-21)29(30,31)32/h4,6,8-9,11-19,27H,2-3,5,7,10H2,1H3,(H,34,35). The third-order valence-electron chi connectivity index (χ3n) is 5.56. The molecule has 2 aromatic carbocycles. The summed E-state index contributed by atoms with van der Waals surface area (Å²) in [5.41, 5.74) is 2.71. The summed E-state index contributed by atoms with van der Waals surface area (Å²) in [6.07, 6.45) is 2.66. The third kappa shape index (κ3) is 7.31. The van der Waals surface area contributed by atoms with Crippen LogP contribution >= 0.6 is 0 Å². The molecule has 1 aromatic heterocycles. The van der Waals surface area contributed by atoms with Gasteiger partial charge in [-0.05, 0) is 72.9 Å². The first-order valence-corrected chi connectivity index (χ1v) is 11.7. The number of aliphatic carboxylic acids is 1. The highest BCUT2D eigenvalue weighted by Crippen LogP contribution is 2.33. The lowest BCUT2D eigenvalue weighted by molar-refractivity contribution is -0.137. The Morgan fingerprint density at radius 3 is 2.53 bits per heavy atom. The minimum absolute atomic E-state index is 0.372. The number of unbranched alkanes of at least 4 members (excludes halogenated alkanes) is 1.